The Hall–Kier alpha value is -1.68. The van der Waals surface area contributed by atoms with E-state index in [1.165, 1.54) is 0 Å². The molecular formula is C12H16N4. The molecule has 1 aliphatic rings. The number of hydrogen-bond donors (Lipinski definition) is 1. The highest BCUT2D eigenvalue weighted by atomic mass is 15.2. The summed E-state index contributed by atoms with van der Waals surface area (Å²) >= 11 is 0. The van der Waals surface area contributed by atoms with E-state index < -0.39 is 0 Å². The number of rotatable bonds is 3. The minimum Gasteiger partial charge on any atom is -0.353 e. The van der Waals surface area contributed by atoms with E-state index in [-0.39, 0.29) is 0 Å². The summed E-state index contributed by atoms with van der Waals surface area (Å²) in [5.41, 5.74) is 1.58. The predicted octanol–water partition coefficient (Wildman–Crippen LogP) is 1.17. The minimum absolute atomic E-state index is 0.786. The van der Waals surface area contributed by atoms with Gasteiger partial charge < -0.3 is 10.2 Å². The first-order chi connectivity index (χ1) is 7.85. The summed E-state index contributed by atoms with van der Waals surface area (Å²) in [5.74, 6) is 0.919. The molecule has 16 heavy (non-hydrogen) atoms. The lowest BCUT2D eigenvalue weighted by atomic mass is 10.3. The van der Waals surface area contributed by atoms with Gasteiger partial charge in [0.05, 0.1) is 17.6 Å². The molecule has 4 heteroatoms. The van der Waals surface area contributed by atoms with Crippen molar-refractivity contribution in [2.45, 2.75) is 0 Å². The number of nitrogens with one attached hydrogen (secondary N) is 1. The van der Waals surface area contributed by atoms with Gasteiger partial charge in [0.25, 0.3) is 0 Å². The molecular weight excluding hydrogens is 200 g/mol. The fraction of sp³-hybridized carbons (Fsp3) is 0.333. The van der Waals surface area contributed by atoms with Crippen LogP contribution in [0.15, 0.2) is 19.4 Å². The van der Waals surface area contributed by atoms with Gasteiger partial charge in [0.1, 0.15) is 5.82 Å². The van der Waals surface area contributed by atoms with Crippen LogP contribution in [0.25, 0.3) is 12.2 Å². The Kier molecular flexibility index (Phi) is 3.31. The maximum Gasteiger partial charge on any atom is 0.147 e. The van der Waals surface area contributed by atoms with Crippen molar-refractivity contribution in [3.8, 4) is 0 Å². The third-order valence-electron chi connectivity index (χ3n) is 2.64. The lowest BCUT2D eigenvalue weighted by Crippen LogP contribution is -2.44. The van der Waals surface area contributed by atoms with E-state index in [0.717, 1.165) is 43.4 Å². The molecule has 0 saturated carbocycles. The zero-order valence-corrected chi connectivity index (χ0v) is 9.32. The van der Waals surface area contributed by atoms with Crippen molar-refractivity contribution >= 4 is 18.0 Å². The van der Waals surface area contributed by atoms with E-state index in [4.69, 9.17) is 0 Å². The third-order valence-corrected chi connectivity index (χ3v) is 2.64. The third kappa shape index (κ3) is 2.12. The molecule has 1 fully saturated rings. The van der Waals surface area contributed by atoms with Gasteiger partial charge >= 0.3 is 0 Å². The lowest BCUT2D eigenvalue weighted by molar-refractivity contribution is 0.584. The molecule has 1 aromatic heterocycles. The highest BCUT2D eigenvalue weighted by molar-refractivity contribution is 5.59. The fourth-order valence-electron chi connectivity index (χ4n) is 1.76. The number of anilines is 1. The van der Waals surface area contributed by atoms with Crippen LogP contribution in [0.3, 0.4) is 0 Å². The summed E-state index contributed by atoms with van der Waals surface area (Å²) in [6.45, 7) is 11.4. The second-order valence-corrected chi connectivity index (χ2v) is 3.64. The van der Waals surface area contributed by atoms with Gasteiger partial charge in [-0.25, -0.2) is 4.98 Å². The molecule has 84 valence electrons. The monoisotopic (exact) mass is 216 g/mol. The van der Waals surface area contributed by atoms with E-state index in [2.05, 4.69) is 33.3 Å². The van der Waals surface area contributed by atoms with E-state index in [9.17, 15) is 0 Å². The zero-order chi connectivity index (χ0) is 11.4. The second kappa shape index (κ2) is 4.90. The highest BCUT2D eigenvalue weighted by Gasteiger charge is 2.12. The summed E-state index contributed by atoms with van der Waals surface area (Å²) < 4.78 is 0. The van der Waals surface area contributed by atoms with Crippen molar-refractivity contribution in [2.24, 2.45) is 0 Å². The van der Waals surface area contributed by atoms with Crippen LogP contribution in [0.2, 0.25) is 0 Å². The van der Waals surface area contributed by atoms with Gasteiger partial charge in [-0.3, -0.25) is 4.98 Å². The Bertz CT molecular complexity index is 394. The van der Waals surface area contributed by atoms with Gasteiger partial charge in [0.2, 0.25) is 0 Å². The normalized spacial score (nSPS) is 15.9. The summed E-state index contributed by atoms with van der Waals surface area (Å²) in [6, 6.07) is 0. The molecule has 1 aromatic rings. The number of nitrogens with zero attached hydrogens (tertiary/aromatic N) is 3. The van der Waals surface area contributed by atoms with Crippen molar-refractivity contribution in [1.82, 2.24) is 15.3 Å². The quantitative estimate of drug-likeness (QED) is 0.823. The van der Waals surface area contributed by atoms with Crippen LogP contribution >= 0.6 is 0 Å². The van der Waals surface area contributed by atoms with E-state index in [1.54, 1.807) is 18.3 Å². The summed E-state index contributed by atoms with van der Waals surface area (Å²) in [6.07, 6.45) is 5.22. The predicted molar refractivity (Wildman–Crippen MR) is 67.3 cm³/mol. The molecule has 0 bridgehead atoms. The Morgan fingerprint density at radius 3 is 2.50 bits per heavy atom. The molecule has 0 aliphatic carbocycles. The van der Waals surface area contributed by atoms with Crippen molar-refractivity contribution in [2.75, 3.05) is 31.1 Å². The van der Waals surface area contributed by atoms with Crippen LogP contribution in [0.5, 0.6) is 0 Å². The van der Waals surface area contributed by atoms with Crippen LogP contribution in [-0.4, -0.2) is 36.1 Å². The van der Waals surface area contributed by atoms with Crippen molar-refractivity contribution in [3.63, 3.8) is 0 Å². The zero-order valence-electron chi connectivity index (χ0n) is 9.32. The molecule has 2 rings (SSSR count). The lowest BCUT2D eigenvalue weighted by Gasteiger charge is -2.28. The maximum absolute atomic E-state index is 4.53. The van der Waals surface area contributed by atoms with Gasteiger partial charge in [-0.1, -0.05) is 13.2 Å². The minimum atomic E-state index is 0.786. The van der Waals surface area contributed by atoms with Crippen molar-refractivity contribution < 1.29 is 0 Å². The standard InChI is InChI=1S/C12H16N4/c1-3-10-11(4-2)15-12(9-14-10)16-7-5-13-6-8-16/h3-4,9,13H,1-2,5-8H2. The Labute approximate surface area is 95.7 Å². The van der Waals surface area contributed by atoms with Gasteiger partial charge in [-0.05, 0) is 12.2 Å². The van der Waals surface area contributed by atoms with Crippen LogP contribution in [0.4, 0.5) is 5.82 Å². The molecule has 1 N–H and O–H groups in total. The average Bonchev–Trinajstić information content (AvgIpc) is 2.39. The average molecular weight is 216 g/mol. The first-order valence-corrected chi connectivity index (χ1v) is 5.42. The summed E-state index contributed by atoms with van der Waals surface area (Å²) in [4.78, 5) is 11.1. The molecule has 1 aliphatic heterocycles. The Balaban J connectivity index is 2.27. The molecule has 0 unspecified atom stereocenters. The smallest absolute Gasteiger partial charge is 0.147 e. The van der Waals surface area contributed by atoms with E-state index >= 15 is 0 Å². The summed E-state index contributed by atoms with van der Waals surface area (Å²) in [5, 5.41) is 3.31. The van der Waals surface area contributed by atoms with Crippen molar-refractivity contribution in [3.05, 3.63) is 30.7 Å². The highest BCUT2D eigenvalue weighted by Crippen LogP contribution is 2.14. The first kappa shape index (κ1) is 10.8. The molecule has 0 amide bonds. The van der Waals surface area contributed by atoms with Gasteiger partial charge in [0.15, 0.2) is 0 Å². The van der Waals surface area contributed by atoms with Crippen molar-refractivity contribution in [1.29, 1.82) is 0 Å². The molecule has 0 aromatic carbocycles. The molecule has 4 nitrogen and oxygen atoms in total. The number of aromatic nitrogens is 2. The maximum atomic E-state index is 4.53. The summed E-state index contributed by atoms with van der Waals surface area (Å²) in [7, 11) is 0. The van der Waals surface area contributed by atoms with Gasteiger partial charge in [-0.15, -0.1) is 0 Å². The molecule has 2 heterocycles. The SMILES string of the molecule is C=Cc1ncc(N2CCNCC2)nc1C=C. The van der Waals surface area contributed by atoms with E-state index in [0.29, 0.717) is 0 Å². The second-order valence-electron chi connectivity index (χ2n) is 3.64. The first-order valence-electron chi connectivity index (χ1n) is 5.42. The van der Waals surface area contributed by atoms with Crippen LogP contribution in [0, 0.1) is 0 Å². The van der Waals surface area contributed by atoms with Gasteiger partial charge in [0, 0.05) is 26.2 Å². The fourth-order valence-corrected chi connectivity index (χ4v) is 1.76. The molecule has 1 saturated heterocycles. The molecule has 0 spiro atoms. The van der Waals surface area contributed by atoms with Gasteiger partial charge in [-0.2, -0.15) is 0 Å². The molecule has 0 atom stereocenters. The largest absolute Gasteiger partial charge is 0.353 e. The van der Waals surface area contributed by atoms with Crippen LogP contribution in [0.1, 0.15) is 11.4 Å². The number of hydrogen-bond acceptors (Lipinski definition) is 4. The Morgan fingerprint density at radius 1 is 1.19 bits per heavy atom. The van der Waals surface area contributed by atoms with Crippen LogP contribution in [-0.2, 0) is 0 Å². The number of piperazine rings is 1. The Morgan fingerprint density at radius 2 is 1.88 bits per heavy atom. The molecule has 0 radical (unpaired) electrons. The van der Waals surface area contributed by atoms with E-state index in [1.807, 2.05) is 0 Å². The topological polar surface area (TPSA) is 41.1 Å². The van der Waals surface area contributed by atoms with Crippen LogP contribution < -0.4 is 10.2 Å².